The van der Waals surface area contributed by atoms with Gasteiger partial charge < -0.3 is 9.45 Å². The smallest absolute Gasteiger partial charge is 0.155 e. The van der Waals surface area contributed by atoms with Crippen LogP contribution < -0.4 is 0 Å². The Bertz CT molecular complexity index is 397. The summed E-state index contributed by atoms with van der Waals surface area (Å²) in [5.74, 6) is 1.33. The zero-order valence-electron chi connectivity index (χ0n) is 12.3. The van der Waals surface area contributed by atoms with Gasteiger partial charge in [0.1, 0.15) is 6.26 Å². The fourth-order valence-corrected chi connectivity index (χ4v) is 3.86. The van der Waals surface area contributed by atoms with Crippen molar-refractivity contribution in [2.45, 2.75) is 37.5 Å². The molecule has 0 aromatic heterocycles. The molecule has 0 aliphatic carbocycles. The molecule has 1 fully saturated rings. The third-order valence-corrected chi connectivity index (χ3v) is 4.87. The maximum atomic E-state index is 11.8. The molecule has 1 aliphatic rings. The molecule has 0 amide bonds. The lowest BCUT2D eigenvalue weighted by atomic mass is 9.89. The molecule has 1 atom stereocenters. The molecule has 1 heterocycles. The molecule has 1 aliphatic heterocycles. The summed E-state index contributed by atoms with van der Waals surface area (Å²) < 4.78 is 11.8. The minimum Gasteiger partial charge on any atom is -0.612 e. The third-order valence-electron chi connectivity index (χ3n) is 3.88. The van der Waals surface area contributed by atoms with Gasteiger partial charge in [0, 0.05) is 12.1 Å². The van der Waals surface area contributed by atoms with E-state index in [4.69, 9.17) is 0 Å². The molecule has 19 heavy (non-hydrogen) atoms. The first-order chi connectivity index (χ1) is 9.08. The summed E-state index contributed by atoms with van der Waals surface area (Å²) in [5, 5.41) is 0. The summed E-state index contributed by atoms with van der Waals surface area (Å²) in [7, 11) is 0. The lowest BCUT2D eigenvalue weighted by Crippen LogP contribution is -2.35. The van der Waals surface area contributed by atoms with Gasteiger partial charge in [-0.15, -0.1) is 0 Å². The van der Waals surface area contributed by atoms with Gasteiger partial charge in [0.2, 0.25) is 0 Å². The molecular weight excluding hydrogens is 254 g/mol. The average Bonchev–Trinajstić information content (AvgIpc) is 2.39. The zero-order chi connectivity index (χ0) is 13.8. The summed E-state index contributed by atoms with van der Waals surface area (Å²) in [6, 6.07) is 8.26. The van der Waals surface area contributed by atoms with Crippen LogP contribution in [0.1, 0.15) is 38.2 Å². The summed E-state index contributed by atoms with van der Waals surface area (Å²) in [4.78, 5) is 3.59. The minimum atomic E-state index is -0.874. The van der Waals surface area contributed by atoms with Gasteiger partial charge in [-0.3, -0.25) is 0 Å². The normalized spacial score (nSPS) is 19.8. The van der Waals surface area contributed by atoms with Crippen LogP contribution in [0.25, 0.3) is 0 Å². The summed E-state index contributed by atoms with van der Waals surface area (Å²) >= 11 is -0.874. The number of rotatable bonds is 4. The first-order valence-corrected chi connectivity index (χ1v) is 8.78. The van der Waals surface area contributed by atoms with E-state index in [1.165, 1.54) is 38.0 Å². The highest BCUT2D eigenvalue weighted by Gasteiger charge is 2.25. The van der Waals surface area contributed by atoms with Crippen LogP contribution in [0.3, 0.4) is 0 Å². The van der Waals surface area contributed by atoms with Crippen molar-refractivity contribution >= 4 is 11.2 Å². The molecule has 0 bridgehead atoms. The lowest BCUT2D eigenvalue weighted by molar-refractivity contribution is 0.191. The fraction of sp³-hybridized carbons (Fsp3) is 0.625. The molecule has 0 unspecified atom stereocenters. The van der Waals surface area contributed by atoms with E-state index >= 15 is 0 Å². The number of likely N-dealkylation sites (tertiary alicyclic amines) is 1. The van der Waals surface area contributed by atoms with Crippen molar-refractivity contribution in [3.8, 4) is 0 Å². The Morgan fingerprint density at radius 2 is 1.89 bits per heavy atom. The van der Waals surface area contributed by atoms with Gasteiger partial charge in [-0.05, 0) is 55.0 Å². The Kier molecular flexibility index (Phi) is 5.31. The SMILES string of the molecule is CC(C)CN1CCC(c2ccccc2[S@+](C)[O-])CC1. The molecule has 2 nitrogen and oxygen atoms in total. The summed E-state index contributed by atoms with van der Waals surface area (Å²) in [6.45, 7) is 8.11. The second kappa shape index (κ2) is 6.78. The van der Waals surface area contributed by atoms with Crippen molar-refractivity contribution < 1.29 is 4.55 Å². The molecule has 1 aromatic rings. The van der Waals surface area contributed by atoms with E-state index in [1.54, 1.807) is 6.26 Å². The molecule has 0 radical (unpaired) electrons. The molecule has 0 spiro atoms. The Balaban J connectivity index is 2.02. The van der Waals surface area contributed by atoms with E-state index in [1.807, 2.05) is 12.1 Å². The van der Waals surface area contributed by atoms with Crippen LogP contribution in [0, 0.1) is 5.92 Å². The molecule has 1 aromatic carbocycles. The van der Waals surface area contributed by atoms with Gasteiger partial charge in [-0.1, -0.05) is 32.0 Å². The van der Waals surface area contributed by atoms with Crippen molar-refractivity contribution in [3.05, 3.63) is 29.8 Å². The van der Waals surface area contributed by atoms with Gasteiger partial charge in [0.25, 0.3) is 0 Å². The quantitative estimate of drug-likeness (QED) is 0.791. The zero-order valence-corrected chi connectivity index (χ0v) is 13.1. The Morgan fingerprint density at radius 1 is 1.26 bits per heavy atom. The Morgan fingerprint density at radius 3 is 2.47 bits per heavy atom. The van der Waals surface area contributed by atoms with Crippen LogP contribution >= 0.6 is 0 Å². The van der Waals surface area contributed by atoms with Crippen molar-refractivity contribution in [3.63, 3.8) is 0 Å². The third kappa shape index (κ3) is 3.98. The number of hydrogen-bond donors (Lipinski definition) is 0. The average molecular weight is 279 g/mol. The monoisotopic (exact) mass is 279 g/mol. The maximum absolute atomic E-state index is 11.8. The van der Waals surface area contributed by atoms with Gasteiger partial charge in [-0.25, -0.2) is 0 Å². The molecule has 3 heteroatoms. The second-order valence-electron chi connectivity index (χ2n) is 5.96. The van der Waals surface area contributed by atoms with E-state index in [9.17, 15) is 4.55 Å². The number of piperidine rings is 1. The number of nitrogens with zero attached hydrogens (tertiary/aromatic N) is 1. The highest BCUT2D eigenvalue weighted by Crippen LogP contribution is 2.32. The first kappa shape index (κ1) is 14.9. The predicted octanol–water partition coefficient (Wildman–Crippen LogP) is 3.26. The van der Waals surface area contributed by atoms with Gasteiger partial charge in [0.05, 0.1) is 0 Å². The van der Waals surface area contributed by atoms with Crippen molar-refractivity contribution in [2.24, 2.45) is 5.92 Å². The topological polar surface area (TPSA) is 26.3 Å². The lowest BCUT2D eigenvalue weighted by Gasteiger charge is -2.33. The Hall–Kier alpha value is -0.510. The van der Waals surface area contributed by atoms with E-state index in [0.717, 1.165) is 10.8 Å². The van der Waals surface area contributed by atoms with Gasteiger partial charge >= 0.3 is 0 Å². The largest absolute Gasteiger partial charge is 0.612 e. The van der Waals surface area contributed by atoms with E-state index < -0.39 is 11.2 Å². The fourth-order valence-electron chi connectivity index (χ4n) is 3.02. The van der Waals surface area contributed by atoms with Crippen LogP contribution in [0.5, 0.6) is 0 Å². The van der Waals surface area contributed by atoms with Crippen LogP contribution in [0.2, 0.25) is 0 Å². The molecule has 106 valence electrons. The molecule has 0 saturated carbocycles. The van der Waals surface area contributed by atoms with Crippen LogP contribution in [0.4, 0.5) is 0 Å². The van der Waals surface area contributed by atoms with E-state index in [0.29, 0.717) is 5.92 Å². The van der Waals surface area contributed by atoms with Crippen LogP contribution in [-0.4, -0.2) is 35.3 Å². The van der Waals surface area contributed by atoms with E-state index in [2.05, 4.69) is 30.9 Å². The first-order valence-electron chi connectivity index (χ1n) is 7.22. The molecular formula is C16H25NOS. The molecule has 1 saturated heterocycles. The van der Waals surface area contributed by atoms with Crippen molar-refractivity contribution in [2.75, 3.05) is 25.9 Å². The predicted molar refractivity (Wildman–Crippen MR) is 82.0 cm³/mol. The summed E-state index contributed by atoms with van der Waals surface area (Å²) in [5.41, 5.74) is 1.31. The number of hydrogen-bond acceptors (Lipinski definition) is 2. The van der Waals surface area contributed by atoms with Crippen molar-refractivity contribution in [1.29, 1.82) is 0 Å². The standard InChI is InChI=1S/C16H25NOS/c1-13(2)12-17-10-8-14(9-11-17)15-6-4-5-7-16(15)19(3)18/h4-7,13-14H,8-12H2,1-3H3/t19-/m0/s1. The van der Waals surface area contributed by atoms with E-state index in [-0.39, 0.29) is 0 Å². The molecule has 2 rings (SSSR count). The maximum Gasteiger partial charge on any atom is 0.155 e. The Labute approximate surface area is 120 Å². The van der Waals surface area contributed by atoms with Crippen molar-refractivity contribution in [1.82, 2.24) is 4.90 Å². The highest BCUT2D eigenvalue weighted by molar-refractivity contribution is 7.90. The van der Waals surface area contributed by atoms with Crippen LogP contribution in [0.15, 0.2) is 29.2 Å². The highest BCUT2D eigenvalue weighted by atomic mass is 32.2. The number of benzene rings is 1. The van der Waals surface area contributed by atoms with Gasteiger partial charge in [-0.2, -0.15) is 0 Å². The van der Waals surface area contributed by atoms with Crippen LogP contribution in [-0.2, 0) is 11.2 Å². The van der Waals surface area contributed by atoms with Gasteiger partial charge in [0.15, 0.2) is 4.90 Å². The second-order valence-corrected chi connectivity index (χ2v) is 7.31. The molecule has 0 N–H and O–H groups in total. The summed E-state index contributed by atoms with van der Waals surface area (Å²) in [6.07, 6.45) is 4.18. The minimum absolute atomic E-state index is 0.587.